The number of furan rings is 1. The van der Waals surface area contributed by atoms with Gasteiger partial charge in [0.1, 0.15) is 11.6 Å². The molecule has 3 heterocycles. The zero-order chi connectivity index (χ0) is 28.1. The summed E-state index contributed by atoms with van der Waals surface area (Å²) in [5, 5.41) is 17.2. The average molecular weight is 563 g/mol. The predicted octanol–water partition coefficient (Wildman–Crippen LogP) is 2.50. The third kappa shape index (κ3) is 6.22. The van der Waals surface area contributed by atoms with E-state index in [2.05, 4.69) is 15.6 Å². The molecule has 5 rings (SSSR count). The minimum absolute atomic E-state index is 0.0805. The molecule has 2 aromatic heterocycles. The van der Waals surface area contributed by atoms with Gasteiger partial charge in [0.15, 0.2) is 10.8 Å². The Bertz CT molecular complexity index is 1540. The van der Waals surface area contributed by atoms with Crippen LogP contribution in [0, 0.1) is 0 Å². The van der Waals surface area contributed by atoms with Gasteiger partial charge in [-0.05, 0) is 42.7 Å². The van der Waals surface area contributed by atoms with Crippen molar-refractivity contribution < 1.29 is 27.5 Å². The molecule has 0 saturated carbocycles. The van der Waals surface area contributed by atoms with Crippen LogP contribution in [0.25, 0.3) is 11.0 Å². The van der Waals surface area contributed by atoms with Gasteiger partial charge in [-0.25, -0.2) is 13.4 Å². The van der Waals surface area contributed by atoms with Crippen molar-refractivity contribution in [1.82, 2.24) is 19.9 Å². The van der Waals surface area contributed by atoms with Crippen molar-refractivity contribution >= 4 is 32.8 Å². The molecule has 0 radical (unpaired) electrons. The maximum absolute atomic E-state index is 13.5. The van der Waals surface area contributed by atoms with Gasteiger partial charge in [-0.2, -0.15) is 4.31 Å². The van der Waals surface area contributed by atoms with Gasteiger partial charge in [-0.1, -0.05) is 54.6 Å². The van der Waals surface area contributed by atoms with Gasteiger partial charge in [0, 0.05) is 31.1 Å². The van der Waals surface area contributed by atoms with Crippen LogP contribution >= 0.6 is 0 Å². The molecule has 0 spiro atoms. The van der Waals surface area contributed by atoms with Gasteiger partial charge in [-0.3, -0.25) is 9.59 Å². The van der Waals surface area contributed by atoms with Crippen molar-refractivity contribution in [3.8, 4) is 0 Å². The van der Waals surface area contributed by atoms with Gasteiger partial charge in [0.25, 0.3) is 15.9 Å². The van der Waals surface area contributed by atoms with E-state index in [1.165, 1.54) is 16.6 Å². The molecule has 208 valence electrons. The molecule has 10 nitrogen and oxygen atoms in total. The Balaban J connectivity index is 1.30. The molecule has 2 aromatic carbocycles. The van der Waals surface area contributed by atoms with Crippen molar-refractivity contribution in [2.75, 3.05) is 13.1 Å². The fraction of sp³-hybridized carbons (Fsp3) is 0.276. The Morgan fingerprint density at radius 1 is 1.05 bits per heavy atom. The number of pyridine rings is 1. The number of carbonyl (C=O) groups is 2. The number of carbonyl (C=O) groups excluding carboxylic acids is 2. The highest BCUT2D eigenvalue weighted by molar-refractivity contribution is 7.89. The van der Waals surface area contributed by atoms with Crippen LogP contribution in [0.4, 0.5) is 0 Å². The number of para-hydroxylation sites is 1. The first-order valence-corrected chi connectivity index (χ1v) is 14.5. The summed E-state index contributed by atoms with van der Waals surface area (Å²) in [7, 11) is -3.90. The van der Waals surface area contributed by atoms with E-state index in [0.29, 0.717) is 18.4 Å². The Labute approximate surface area is 232 Å². The molecule has 0 bridgehead atoms. The zero-order valence-electron chi connectivity index (χ0n) is 21.6. The van der Waals surface area contributed by atoms with Crippen LogP contribution in [0.1, 0.15) is 29.0 Å². The van der Waals surface area contributed by atoms with Gasteiger partial charge in [0.2, 0.25) is 5.91 Å². The number of benzene rings is 2. The number of amides is 2. The topological polar surface area (TPSA) is 142 Å². The second kappa shape index (κ2) is 12.0. The van der Waals surface area contributed by atoms with Crippen molar-refractivity contribution in [1.29, 1.82) is 0 Å². The van der Waals surface area contributed by atoms with Crippen LogP contribution in [-0.4, -0.2) is 65.9 Å². The molecular weight excluding hydrogens is 532 g/mol. The largest absolute Gasteiger partial charge is 0.451 e. The number of sulfonamides is 1. The molecule has 1 aliphatic heterocycles. The molecule has 1 aliphatic rings. The van der Waals surface area contributed by atoms with E-state index in [0.717, 1.165) is 10.9 Å². The number of hydrogen-bond donors (Lipinski definition) is 3. The molecule has 1 saturated heterocycles. The smallest absolute Gasteiger partial charge is 0.287 e. The Morgan fingerprint density at radius 3 is 2.55 bits per heavy atom. The SMILES string of the molecule is O=C(NC(Cc1ccccc1)C(=O)NC1CCCN(S(=O)(=O)c2ccccn2)C[C@@H]1O)c1cc2ccccc2o1. The Kier molecular flexibility index (Phi) is 8.24. The number of aliphatic hydroxyl groups excluding tert-OH is 1. The molecule has 3 N–H and O–H groups in total. The maximum Gasteiger partial charge on any atom is 0.287 e. The molecule has 2 amide bonds. The third-order valence-electron chi connectivity index (χ3n) is 6.90. The molecular formula is C29H30N4O6S. The van der Waals surface area contributed by atoms with Gasteiger partial charge in [-0.15, -0.1) is 0 Å². The van der Waals surface area contributed by atoms with Gasteiger partial charge in [0.05, 0.1) is 12.1 Å². The van der Waals surface area contributed by atoms with Crippen LogP contribution in [0.15, 0.2) is 94.5 Å². The van der Waals surface area contributed by atoms with Gasteiger partial charge >= 0.3 is 0 Å². The van der Waals surface area contributed by atoms with Crippen LogP contribution in [0.2, 0.25) is 0 Å². The highest BCUT2D eigenvalue weighted by Crippen LogP contribution is 2.21. The summed E-state index contributed by atoms with van der Waals surface area (Å²) in [6, 6.07) is 21.0. The summed E-state index contributed by atoms with van der Waals surface area (Å²) < 4.78 is 33.0. The van der Waals surface area contributed by atoms with E-state index < -0.39 is 40.0 Å². The second-order valence-electron chi connectivity index (χ2n) is 9.72. The van der Waals surface area contributed by atoms with E-state index in [9.17, 15) is 23.1 Å². The zero-order valence-corrected chi connectivity index (χ0v) is 22.5. The van der Waals surface area contributed by atoms with Gasteiger partial charge < -0.3 is 20.2 Å². The number of aliphatic hydroxyl groups is 1. The first-order chi connectivity index (χ1) is 19.3. The molecule has 40 heavy (non-hydrogen) atoms. The normalized spacial score (nSPS) is 19.0. The first kappa shape index (κ1) is 27.5. The fourth-order valence-electron chi connectivity index (χ4n) is 4.79. The van der Waals surface area contributed by atoms with Crippen LogP contribution in [-0.2, 0) is 21.2 Å². The minimum Gasteiger partial charge on any atom is -0.451 e. The van der Waals surface area contributed by atoms with Crippen molar-refractivity contribution in [2.24, 2.45) is 0 Å². The predicted molar refractivity (Wildman–Crippen MR) is 148 cm³/mol. The third-order valence-corrected chi connectivity index (χ3v) is 8.68. The summed E-state index contributed by atoms with van der Waals surface area (Å²) in [5.74, 6) is -0.948. The lowest BCUT2D eigenvalue weighted by atomic mass is 10.0. The number of aromatic nitrogens is 1. The second-order valence-corrected chi connectivity index (χ2v) is 11.6. The lowest BCUT2D eigenvalue weighted by molar-refractivity contribution is -0.124. The summed E-state index contributed by atoms with van der Waals surface area (Å²) in [6.07, 6.45) is 1.23. The van der Waals surface area contributed by atoms with Crippen LogP contribution < -0.4 is 10.6 Å². The molecule has 3 atom stereocenters. The summed E-state index contributed by atoms with van der Waals surface area (Å²) in [5.41, 5.74) is 1.39. The monoisotopic (exact) mass is 562 g/mol. The highest BCUT2D eigenvalue weighted by atomic mass is 32.2. The Morgan fingerprint density at radius 2 is 1.80 bits per heavy atom. The average Bonchev–Trinajstić information content (AvgIpc) is 3.32. The minimum atomic E-state index is -3.90. The number of β-amino-alcohol motifs (C(OH)–C–C–N with tert-alkyl or cyclic N) is 1. The molecule has 4 aromatic rings. The van der Waals surface area contributed by atoms with Crippen molar-refractivity contribution in [2.45, 2.75) is 42.5 Å². The highest BCUT2D eigenvalue weighted by Gasteiger charge is 2.35. The van der Waals surface area contributed by atoms with E-state index >= 15 is 0 Å². The Hall–Kier alpha value is -4.06. The number of nitrogens with one attached hydrogen (secondary N) is 2. The van der Waals surface area contributed by atoms with Crippen molar-refractivity contribution in [3.63, 3.8) is 0 Å². The number of hydrogen-bond acceptors (Lipinski definition) is 7. The van der Waals surface area contributed by atoms with Crippen LogP contribution in [0.3, 0.4) is 0 Å². The van der Waals surface area contributed by atoms with E-state index in [-0.39, 0.29) is 30.3 Å². The molecule has 1 fully saturated rings. The first-order valence-electron chi connectivity index (χ1n) is 13.0. The number of nitrogens with zero attached hydrogens (tertiary/aromatic N) is 2. The number of fused-ring (bicyclic) bond motifs is 1. The summed E-state index contributed by atoms with van der Waals surface area (Å²) in [4.78, 5) is 30.6. The lowest BCUT2D eigenvalue weighted by Gasteiger charge is -2.27. The molecule has 2 unspecified atom stereocenters. The van der Waals surface area contributed by atoms with E-state index in [4.69, 9.17) is 4.42 Å². The molecule has 11 heteroatoms. The molecule has 0 aliphatic carbocycles. The fourth-order valence-corrected chi connectivity index (χ4v) is 6.22. The standard InChI is InChI=1S/C29H30N4O6S/c34-24-19-33(40(37,38)27-14-6-7-15-30-27)16-8-12-22(24)31-28(35)23(17-20-9-2-1-3-10-20)32-29(36)26-18-21-11-4-5-13-25(21)39-26/h1-7,9-11,13-15,18,22-24,34H,8,12,16-17,19H2,(H,31,35)(H,32,36)/t22?,23?,24-/m0/s1. The summed E-state index contributed by atoms with van der Waals surface area (Å²) >= 11 is 0. The van der Waals surface area contributed by atoms with Crippen LogP contribution in [0.5, 0.6) is 0 Å². The van der Waals surface area contributed by atoms with Crippen molar-refractivity contribution in [3.05, 3.63) is 96.4 Å². The van der Waals surface area contributed by atoms with E-state index in [1.807, 2.05) is 42.5 Å². The quantitative estimate of drug-likeness (QED) is 0.300. The maximum atomic E-state index is 13.5. The number of rotatable bonds is 8. The lowest BCUT2D eigenvalue weighted by Crippen LogP contribution is -2.54. The summed E-state index contributed by atoms with van der Waals surface area (Å²) in [6.45, 7) is -0.0167. The van der Waals surface area contributed by atoms with E-state index in [1.54, 1.807) is 30.3 Å².